The highest BCUT2D eigenvalue weighted by Crippen LogP contribution is 2.37. The third-order valence-corrected chi connectivity index (χ3v) is 5.53. The van der Waals surface area contributed by atoms with Crippen molar-refractivity contribution in [3.8, 4) is 0 Å². The number of benzene rings is 3. The standard InChI is InChI=1S/C21H19N3S/c1-22-21(24-23-14-15-8-3-2-4-9-15)18-12-7-11-17-16-10-5-6-13-19(16)25-20(17)18/h2-13,21-22H,14H2,1H3/b24-23-. The first-order chi connectivity index (χ1) is 12.4. The normalized spacial score (nSPS) is 13.0. The van der Waals surface area contributed by atoms with Gasteiger partial charge in [0.1, 0.15) is 6.17 Å². The number of rotatable bonds is 5. The Labute approximate surface area is 151 Å². The van der Waals surface area contributed by atoms with Crippen molar-refractivity contribution in [2.24, 2.45) is 10.2 Å². The Morgan fingerprint density at radius 1 is 0.880 bits per heavy atom. The minimum absolute atomic E-state index is 0.138. The molecule has 0 amide bonds. The molecule has 1 atom stereocenters. The predicted octanol–water partition coefficient (Wildman–Crippen LogP) is 5.92. The lowest BCUT2D eigenvalue weighted by atomic mass is 10.1. The number of nitrogens with zero attached hydrogens (tertiary/aromatic N) is 2. The second-order valence-corrected chi connectivity index (χ2v) is 6.97. The van der Waals surface area contributed by atoms with Crippen LogP contribution in [0.5, 0.6) is 0 Å². The molecule has 4 rings (SSSR count). The number of azo groups is 1. The van der Waals surface area contributed by atoms with Crippen molar-refractivity contribution in [3.05, 3.63) is 83.9 Å². The molecule has 0 aliphatic heterocycles. The number of hydrogen-bond acceptors (Lipinski definition) is 4. The third-order valence-electron chi connectivity index (χ3n) is 4.30. The van der Waals surface area contributed by atoms with E-state index in [0.29, 0.717) is 6.54 Å². The van der Waals surface area contributed by atoms with Crippen molar-refractivity contribution in [2.75, 3.05) is 7.05 Å². The summed E-state index contributed by atoms with van der Waals surface area (Å²) < 4.78 is 2.59. The first-order valence-corrected chi connectivity index (χ1v) is 9.16. The molecule has 1 N–H and O–H groups in total. The molecule has 3 aromatic carbocycles. The van der Waals surface area contributed by atoms with Gasteiger partial charge in [-0.05, 0) is 18.7 Å². The average Bonchev–Trinajstić information content (AvgIpc) is 3.05. The minimum atomic E-state index is -0.138. The van der Waals surface area contributed by atoms with Gasteiger partial charge in [0.25, 0.3) is 0 Å². The molecule has 1 heterocycles. The highest BCUT2D eigenvalue weighted by molar-refractivity contribution is 7.26. The summed E-state index contributed by atoms with van der Waals surface area (Å²) in [6.07, 6.45) is -0.138. The molecule has 0 bridgehead atoms. The number of thiophene rings is 1. The van der Waals surface area contributed by atoms with E-state index in [-0.39, 0.29) is 6.17 Å². The summed E-state index contributed by atoms with van der Waals surface area (Å²) in [6, 6.07) is 25.2. The quantitative estimate of drug-likeness (QED) is 0.447. The van der Waals surface area contributed by atoms with Crippen LogP contribution in [0.25, 0.3) is 20.2 Å². The van der Waals surface area contributed by atoms with Gasteiger partial charge in [-0.2, -0.15) is 10.2 Å². The van der Waals surface area contributed by atoms with Gasteiger partial charge in [-0.3, -0.25) is 5.32 Å². The molecule has 0 radical (unpaired) electrons. The first-order valence-electron chi connectivity index (χ1n) is 8.35. The summed E-state index contributed by atoms with van der Waals surface area (Å²) in [7, 11) is 1.93. The van der Waals surface area contributed by atoms with Crippen molar-refractivity contribution in [1.29, 1.82) is 0 Å². The minimum Gasteiger partial charge on any atom is -0.293 e. The van der Waals surface area contributed by atoms with Crippen molar-refractivity contribution < 1.29 is 0 Å². The number of nitrogens with one attached hydrogen (secondary N) is 1. The second kappa shape index (κ2) is 7.13. The molecule has 0 saturated carbocycles. The van der Waals surface area contributed by atoms with Gasteiger partial charge in [0.15, 0.2) is 0 Å². The van der Waals surface area contributed by atoms with Gasteiger partial charge in [0.2, 0.25) is 0 Å². The van der Waals surface area contributed by atoms with Crippen LogP contribution < -0.4 is 5.32 Å². The maximum Gasteiger partial charge on any atom is 0.147 e. The van der Waals surface area contributed by atoms with E-state index in [1.54, 1.807) is 0 Å². The van der Waals surface area contributed by atoms with Crippen LogP contribution in [0.2, 0.25) is 0 Å². The van der Waals surface area contributed by atoms with E-state index in [9.17, 15) is 0 Å². The highest BCUT2D eigenvalue weighted by atomic mass is 32.1. The number of fused-ring (bicyclic) bond motifs is 3. The zero-order chi connectivity index (χ0) is 17.1. The third kappa shape index (κ3) is 3.18. The topological polar surface area (TPSA) is 36.8 Å². The fraction of sp³-hybridized carbons (Fsp3) is 0.143. The van der Waals surface area contributed by atoms with E-state index in [4.69, 9.17) is 0 Å². The predicted molar refractivity (Wildman–Crippen MR) is 106 cm³/mol. The van der Waals surface area contributed by atoms with Gasteiger partial charge < -0.3 is 0 Å². The molecular weight excluding hydrogens is 326 g/mol. The van der Waals surface area contributed by atoms with Gasteiger partial charge in [0, 0.05) is 25.7 Å². The van der Waals surface area contributed by atoms with Gasteiger partial charge in [-0.1, -0.05) is 66.7 Å². The molecule has 124 valence electrons. The van der Waals surface area contributed by atoms with Crippen LogP contribution in [0.15, 0.2) is 83.0 Å². The molecule has 0 spiro atoms. The Bertz CT molecular complexity index is 1020. The Morgan fingerprint density at radius 3 is 2.48 bits per heavy atom. The fourth-order valence-electron chi connectivity index (χ4n) is 3.05. The summed E-state index contributed by atoms with van der Waals surface area (Å²) in [6.45, 7) is 0.599. The molecule has 1 unspecified atom stereocenters. The second-order valence-electron chi connectivity index (χ2n) is 5.91. The van der Waals surface area contributed by atoms with Gasteiger partial charge in [0.05, 0.1) is 6.54 Å². The Balaban J connectivity index is 1.69. The van der Waals surface area contributed by atoms with E-state index in [1.807, 2.05) is 36.6 Å². The summed E-state index contributed by atoms with van der Waals surface area (Å²) in [5, 5.41) is 14.8. The molecule has 0 aliphatic carbocycles. The summed E-state index contributed by atoms with van der Waals surface area (Å²) in [5.41, 5.74) is 2.35. The largest absolute Gasteiger partial charge is 0.293 e. The highest BCUT2D eigenvalue weighted by Gasteiger charge is 2.14. The average molecular weight is 345 g/mol. The van der Waals surface area contributed by atoms with E-state index < -0.39 is 0 Å². The molecule has 3 nitrogen and oxygen atoms in total. The lowest BCUT2D eigenvalue weighted by molar-refractivity contribution is 0.585. The van der Waals surface area contributed by atoms with Gasteiger partial charge in [-0.25, -0.2) is 0 Å². The van der Waals surface area contributed by atoms with Crippen molar-refractivity contribution in [2.45, 2.75) is 12.7 Å². The van der Waals surface area contributed by atoms with E-state index in [2.05, 4.69) is 70.1 Å². The molecular formula is C21H19N3S. The van der Waals surface area contributed by atoms with Crippen LogP contribution in [-0.4, -0.2) is 7.05 Å². The Kier molecular flexibility index (Phi) is 4.55. The van der Waals surface area contributed by atoms with Crippen LogP contribution in [0.4, 0.5) is 0 Å². The van der Waals surface area contributed by atoms with Crippen LogP contribution in [0, 0.1) is 0 Å². The van der Waals surface area contributed by atoms with Crippen molar-refractivity contribution in [3.63, 3.8) is 0 Å². The molecule has 4 heteroatoms. The maximum atomic E-state index is 4.55. The zero-order valence-corrected chi connectivity index (χ0v) is 14.8. The van der Waals surface area contributed by atoms with E-state index >= 15 is 0 Å². The molecule has 25 heavy (non-hydrogen) atoms. The molecule has 0 aliphatic rings. The molecule has 1 aromatic heterocycles. The Hall–Kier alpha value is -2.56. The summed E-state index contributed by atoms with van der Waals surface area (Å²) in [5.74, 6) is 0. The Morgan fingerprint density at radius 2 is 1.64 bits per heavy atom. The smallest absolute Gasteiger partial charge is 0.147 e. The lowest BCUT2D eigenvalue weighted by Gasteiger charge is -2.11. The van der Waals surface area contributed by atoms with Crippen molar-refractivity contribution >= 4 is 31.5 Å². The van der Waals surface area contributed by atoms with Crippen LogP contribution in [0.1, 0.15) is 17.3 Å². The van der Waals surface area contributed by atoms with Gasteiger partial charge in [-0.15, -0.1) is 11.3 Å². The first kappa shape index (κ1) is 15.9. The monoisotopic (exact) mass is 345 g/mol. The van der Waals surface area contributed by atoms with Crippen LogP contribution in [0.3, 0.4) is 0 Å². The zero-order valence-electron chi connectivity index (χ0n) is 14.0. The maximum absolute atomic E-state index is 4.55. The van der Waals surface area contributed by atoms with E-state index in [0.717, 1.165) is 0 Å². The molecule has 0 fully saturated rings. The number of hydrogen-bond donors (Lipinski definition) is 1. The summed E-state index contributed by atoms with van der Waals surface area (Å²) in [4.78, 5) is 0. The fourth-order valence-corrected chi connectivity index (χ4v) is 4.29. The lowest BCUT2D eigenvalue weighted by Crippen LogP contribution is -2.13. The van der Waals surface area contributed by atoms with E-state index in [1.165, 1.54) is 31.3 Å². The van der Waals surface area contributed by atoms with Crippen molar-refractivity contribution in [1.82, 2.24) is 5.32 Å². The SMILES string of the molecule is CNC(/N=N\Cc1ccccc1)c1cccc2c1sc1ccccc12. The van der Waals surface area contributed by atoms with Crippen LogP contribution >= 0.6 is 11.3 Å². The molecule has 0 saturated heterocycles. The van der Waals surface area contributed by atoms with Gasteiger partial charge >= 0.3 is 0 Å². The van der Waals surface area contributed by atoms with Crippen LogP contribution in [-0.2, 0) is 6.54 Å². The summed E-state index contributed by atoms with van der Waals surface area (Å²) >= 11 is 1.82. The molecule has 4 aromatic rings.